The molecule has 0 bridgehead atoms. The second-order valence-electron chi connectivity index (χ2n) is 10.2. The molecular formula is C32H21N3. The first-order valence-corrected chi connectivity index (χ1v) is 12.4. The molecular weight excluding hydrogens is 426 g/mol. The van der Waals surface area contributed by atoms with Crippen molar-refractivity contribution in [2.75, 3.05) is 4.90 Å². The predicted octanol–water partition coefficient (Wildman–Crippen LogP) is 6.90. The molecule has 2 aliphatic carbocycles. The van der Waals surface area contributed by atoms with Gasteiger partial charge >= 0.3 is 0 Å². The standard InChI is InChI=1S/C32H21N3/c1-2-6-23-18(4-1)15-25-24(23)9-7-19-14-20-8-10-28-26(30(20)29(19)25)16-21-11-13-33-27-17-22-5-3-12-34-32(22)35(28)31(21)27/h1-13H,14-17H2. The maximum Gasteiger partial charge on any atom is 0.141 e. The zero-order valence-corrected chi connectivity index (χ0v) is 19.2. The van der Waals surface area contributed by atoms with Crippen molar-refractivity contribution in [1.82, 2.24) is 9.97 Å². The molecule has 164 valence electrons. The van der Waals surface area contributed by atoms with Gasteiger partial charge in [0.1, 0.15) is 5.82 Å². The van der Waals surface area contributed by atoms with E-state index in [1.807, 2.05) is 18.5 Å². The second kappa shape index (κ2) is 6.25. The van der Waals surface area contributed by atoms with Crippen molar-refractivity contribution in [2.24, 2.45) is 0 Å². The van der Waals surface area contributed by atoms with Crippen LogP contribution in [0.15, 0.2) is 79.1 Å². The summed E-state index contributed by atoms with van der Waals surface area (Å²) in [7, 11) is 0. The Bertz CT molecular complexity index is 1760. The maximum atomic E-state index is 4.87. The van der Waals surface area contributed by atoms with Gasteiger partial charge in [-0.25, -0.2) is 4.98 Å². The van der Waals surface area contributed by atoms with Gasteiger partial charge in [0.2, 0.25) is 0 Å². The third-order valence-corrected chi connectivity index (χ3v) is 8.43. The number of hydrogen-bond acceptors (Lipinski definition) is 3. The number of hydrogen-bond donors (Lipinski definition) is 0. The van der Waals surface area contributed by atoms with Crippen LogP contribution in [0.2, 0.25) is 0 Å². The monoisotopic (exact) mass is 447 g/mol. The van der Waals surface area contributed by atoms with Crippen molar-refractivity contribution >= 4 is 17.2 Å². The fraction of sp³-hybridized carbons (Fsp3) is 0.125. The molecule has 4 heterocycles. The van der Waals surface area contributed by atoms with Crippen molar-refractivity contribution < 1.29 is 0 Å². The van der Waals surface area contributed by atoms with Gasteiger partial charge in [0.05, 0.1) is 17.1 Å². The summed E-state index contributed by atoms with van der Waals surface area (Å²) in [6, 6.07) is 24.8. The van der Waals surface area contributed by atoms with E-state index in [0.29, 0.717) is 0 Å². The summed E-state index contributed by atoms with van der Waals surface area (Å²) in [5.41, 5.74) is 19.4. The number of nitrogens with zero attached hydrogens (tertiary/aromatic N) is 3. The summed E-state index contributed by atoms with van der Waals surface area (Å²) < 4.78 is 0. The molecule has 0 amide bonds. The molecule has 5 aromatic rings. The third kappa shape index (κ3) is 2.21. The molecule has 3 aromatic carbocycles. The third-order valence-electron chi connectivity index (χ3n) is 8.43. The zero-order chi connectivity index (χ0) is 22.7. The lowest BCUT2D eigenvalue weighted by Crippen LogP contribution is -2.26. The quantitative estimate of drug-likeness (QED) is 0.253. The van der Waals surface area contributed by atoms with E-state index in [1.54, 1.807) is 0 Å². The lowest BCUT2D eigenvalue weighted by Gasteiger charge is -2.38. The van der Waals surface area contributed by atoms with Gasteiger partial charge in [-0.15, -0.1) is 0 Å². The van der Waals surface area contributed by atoms with E-state index in [1.165, 1.54) is 72.6 Å². The zero-order valence-electron chi connectivity index (χ0n) is 19.2. The summed E-state index contributed by atoms with van der Waals surface area (Å²) in [5, 5.41) is 0. The average molecular weight is 448 g/mol. The molecule has 0 N–H and O–H groups in total. The molecule has 0 atom stereocenters. The van der Waals surface area contributed by atoms with E-state index < -0.39 is 0 Å². The van der Waals surface area contributed by atoms with Crippen molar-refractivity contribution in [1.29, 1.82) is 0 Å². The Morgan fingerprint density at radius 1 is 0.543 bits per heavy atom. The predicted molar refractivity (Wildman–Crippen MR) is 139 cm³/mol. The Labute approximate surface area is 203 Å². The van der Waals surface area contributed by atoms with Crippen molar-refractivity contribution in [2.45, 2.75) is 25.7 Å². The van der Waals surface area contributed by atoms with E-state index in [0.717, 1.165) is 37.2 Å². The van der Waals surface area contributed by atoms with E-state index in [9.17, 15) is 0 Å². The first-order chi connectivity index (χ1) is 17.3. The number of pyridine rings is 2. The Morgan fingerprint density at radius 3 is 2.34 bits per heavy atom. The summed E-state index contributed by atoms with van der Waals surface area (Å²) in [5.74, 6) is 1.05. The minimum Gasteiger partial charge on any atom is -0.292 e. The summed E-state index contributed by atoms with van der Waals surface area (Å²) in [6.45, 7) is 0. The fourth-order valence-electron chi connectivity index (χ4n) is 7.02. The highest BCUT2D eigenvalue weighted by atomic mass is 15.2. The molecule has 9 rings (SSSR count). The Balaban J connectivity index is 1.33. The van der Waals surface area contributed by atoms with Crippen LogP contribution in [0.25, 0.3) is 22.3 Å². The van der Waals surface area contributed by atoms with Crippen LogP contribution in [0.3, 0.4) is 0 Å². The molecule has 3 nitrogen and oxygen atoms in total. The van der Waals surface area contributed by atoms with E-state index in [4.69, 9.17) is 9.97 Å². The Hall–Kier alpha value is -4.24. The van der Waals surface area contributed by atoms with E-state index >= 15 is 0 Å². The van der Waals surface area contributed by atoms with Gasteiger partial charge < -0.3 is 0 Å². The van der Waals surface area contributed by atoms with E-state index in [-0.39, 0.29) is 0 Å². The molecule has 35 heavy (non-hydrogen) atoms. The topological polar surface area (TPSA) is 29.0 Å². The van der Waals surface area contributed by atoms with Crippen LogP contribution < -0.4 is 4.90 Å². The second-order valence-corrected chi connectivity index (χ2v) is 10.2. The molecule has 0 spiro atoms. The lowest BCUT2D eigenvalue weighted by atomic mass is 9.85. The number of fused-ring (bicyclic) bond motifs is 12. The van der Waals surface area contributed by atoms with Crippen LogP contribution in [0, 0.1) is 0 Å². The SMILES string of the molecule is c1ccc2c(c1)Cc1c-2ccc2c1-c1c(ccc3c1Cc1ccnc4c1N3c1ncccc1C4)C2. The molecule has 0 saturated heterocycles. The smallest absolute Gasteiger partial charge is 0.141 e. The van der Waals surface area contributed by atoms with Gasteiger partial charge in [-0.05, 0) is 86.7 Å². The largest absolute Gasteiger partial charge is 0.292 e. The molecule has 4 aliphatic rings. The van der Waals surface area contributed by atoms with Crippen LogP contribution in [-0.2, 0) is 25.7 Å². The van der Waals surface area contributed by atoms with Gasteiger partial charge in [0.15, 0.2) is 0 Å². The minimum atomic E-state index is 0.845. The number of rotatable bonds is 0. The van der Waals surface area contributed by atoms with Crippen molar-refractivity contribution in [3.05, 3.63) is 124 Å². The van der Waals surface area contributed by atoms with Crippen LogP contribution in [-0.4, -0.2) is 9.97 Å². The van der Waals surface area contributed by atoms with Crippen LogP contribution in [0.1, 0.15) is 44.6 Å². The minimum absolute atomic E-state index is 0.845. The van der Waals surface area contributed by atoms with Crippen LogP contribution >= 0.6 is 0 Å². The Morgan fingerprint density at radius 2 is 1.37 bits per heavy atom. The number of anilines is 3. The summed E-state index contributed by atoms with van der Waals surface area (Å²) in [4.78, 5) is 12.1. The summed E-state index contributed by atoms with van der Waals surface area (Å²) >= 11 is 0. The molecule has 2 aliphatic heterocycles. The van der Waals surface area contributed by atoms with Crippen molar-refractivity contribution in [3.8, 4) is 22.3 Å². The summed E-state index contributed by atoms with van der Waals surface area (Å²) in [6.07, 6.45) is 7.74. The highest BCUT2D eigenvalue weighted by molar-refractivity contribution is 5.96. The van der Waals surface area contributed by atoms with Crippen LogP contribution in [0.5, 0.6) is 0 Å². The molecule has 0 saturated carbocycles. The highest BCUT2D eigenvalue weighted by Gasteiger charge is 2.37. The van der Waals surface area contributed by atoms with Crippen LogP contribution in [0.4, 0.5) is 17.2 Å². The van der Waals surface area contributed by atoms with Gasteiger partial charge in [-0.2, -0.15) is 0 Å². The average Bonchev–Trinajstić information content (AvgIpc) is 3.47. The Kier molecular flexibility index (Phi) is 3.24. The van der Waals surface area contributed by atoms with E-state index in [2.05, 4.69) is 65.6 Å². The van der Waals surface area contributed by atoms with Gasteiger partial charge in [0, 0.05) is 30.8 Å². The molecule has 0 radical (unpaired) electrons. The number of benzene rings is 3. The normalized spacial score (nSPS) is 14.9. The lowest BCUT2D eigenvalue weighted by molar-refractivity contribution is 0.939. The van der Waals surface area contributed by atoms with Gasteiger partial charge in [-0.3, -0.25) is 9.88 Å². The molecule has 0 unspecified atom stereocenters. The van der Waals surface area contributed by atoms with Gasteiger partial charge in [-0.1, -0.05) is 48.5 Å². The first kappa shape index (κ1) is 18.1. The molecule has 0 fully saturated rings. The van der Waals surface area contributed by atoms with Crippen molar-refractivity contribution in [3.63, 3.8) is 0 Å². The highest BCUT2D eigenvalue weighted by Crippen LogP contribution is 2.55. The first-order valence-electron chi connectivity index (χ1n) is 12.4. The maximum absolute atomic E-state index is 4.87. The van der Waals surface area contributed by atoms with Gasteiger partial charge in [0.25, 0.3) is 0 Å². The molecule has 3 heteroatoms. The molecule has 2 aromatic heterocycles. The number of aromatic nitrogens is 2. The fourth-order valence-corrected chi connectivity index (χ4v) is 7.02.